The molecular weight excluding hydrogens is 362 g/mol. The first kappa shape index (κ1) is 17.9. The van der Waals surface area contributed by atoms with Gasteiger partial charge in [-0.15, -0.1) is 0 Å². The number of halogens is 1. The van der Waals surface area contributed by atoms with E-state index in [9.17, 15) is 4.79 Å². The molecule has 1 saturated carbocycles. The number of benzene rings is 1. The number of fused-ring (bicyclic) bond motifs is 1. The lowest BCUT2D eigenvalue weighted by molar-refractivity contribution is -0.122. The first-order chi connectivity index (χ1) is 13.2. The Labute approximate surface area is 163 Å². The summed E-state index contributed by atoms with van der Waals surface area (Å²) in [5.41, 5.74) is 1.08. The smallest absolute Gasteiger partial charge is 0.240 e. The molecule has 0 atom stereocenters. The van der Waals surface area contributed by atoms with Crippen molar-refractivity contribution in [3.63, 3.8) is 0 Å². The predicted molar refractivity (Wildman–Crippen MR) is 106 cm³/mol. The van der Waals surface area contributed by atoms with Gasteiger partial charge in [-0.25, -0.2) is 4.98 Å². The van der Waals surface area contributed by atoms with Gasteiger partial charge in [-0.1, -0.05) is 29.8 Å². The zero-order valence-electron chi connectivity index (χ0n) is 15.0. The van der Waals surface area contributed by atoms with Crippen LogP contribution in [0.15, 0.2) is 54.9 Å². The second kappa shape index (κ2) is 8.01. The van der Waals surface area contributed by atoms with Gasteiger partial charge in [-0.2, -0.15) is 0 Å². The Morgan fingerprint density at radius 3 is 2.74 bits per heavy atom. The summed E-state index contributed by atoms with van der Waals surface area (Å²) in [6.07, 6.45) is 7.33. The van der Waals surface area contributed by atoms with Gasteiger partial charge in [0.25, 0.3) is 0 Å². The fourth-order valence-corrected chi connectivity index (χ4v) is 3.75. The van der Waals surface area contributed by atoms with Crippen molar-refractivity contribution in [3.05, 3.63) is 59.9 Å². The molecular formula is C21H22ClN3O2. The van der Waals surface area contributed by atoms with Crippen molar-refractivity contribution in [1.82, 2.24) is 14.9 Å². The van der Waals surface area contributed by atoms with Gasteiger partial charge in [-0.05, 0) is 49.3 Å². The average molecular weight is 384 g/mol. The molecule has 5 nitrogen and oxygen atoms in total. The number of rotatable bonds is 5. The van der Waals surface area contributed by atoms with Crippen LogP contribution in [0.25, 0.3) is 10.9 Å². The Kier molecular flexibility index (Phi) is 5.30. The lowest BCUT2D eigenvalue weighted by atomic mass is 9.93. The lowest BCUT2D eigenvalue weighted by Crippen LogP contribution is -2.41. The van der Waals surface area contributed by atoms with E-state index < -0.39 is 0 Å². The molecule has 1 amide bonds. The van der Waals surface area contributed by atoms with Crippen LogP contribution < -0.4 is 10.1 Å². The molecule has 1 N–H and O–H groups in total. The van der Waals surface area contributed by atoms with Crippen LogP contribution in [-0.2, 0) is 11.3 Å². The van der Waals surface area contributed by atoms with Gasteiger partial charge >= 0.3 is 0 Å². The molecule has 1 aliphatic carbocycles. The number of ether oxygens (including phenoxy) is 1. The Balaban J connectivity index is 1.26. The molecule has 2 heterocycles. The van der Waals surface area contributed by atoms with E-state index in [-0.39, 0.29) is 18.1 Å². The van der Waals surface area contributed by atoms with Crippen molar-refractivity contribution in [3.8, 4) is 5.88 Å². The van der Waals surface area contributed by atoms with Crippen LogP contribution in [0.5, 0.6) is 5.88 Å². The molecule has 1 aliphatic rings. The second-order valence-electron chi connectivity index (χ2n) is 6.98. The highest BCUT2D eigenvalue weighted by Gasteiger charge is 2.24. The minimum absolute atomic E-state index is 0.0556. The van der Waals surface area contributed by atoms with Crippen molar-refractivity contribution in [2.24, 2.45) is 0 Å². The third-order valence-electron chi connectivity index (χ3n) is 5.02. The van der Waals surface area contributed by atoms with E-state index in [2.05, 4.69) is 16.4 Å². The van der Waals surface area contributed by atoms with Gasteiger partial charge in [0.2, 0.25) is 11.8 Å². The molecule has 3 aromatic rings. The topological polar surface area (TPSA) is 56.2 Å². The molecule has 0 aliphatic heterocycles. The van der Waals surface area contributed by atoms with E-state index in [1.807, 2.05) is 35.0 Å². The molecule has 0 bridgehead atoms. The predicted octanol–water partition coefficient (Wildman–Crippen LogP) is 4.20. The molecule has 0 saturated heterocycles. The standard InChI is InChI=1S/C21H22ClN3O2/c22-16-5-10-21(23-13-16)27-18-8-6-17(7-9-18)24-20(26)14-25-12-11-15-3-1-2-4-19(15)25/h1-5,10-13,17-18H,6-9,14H2,(H,24,26). The number of amides is 1. The Morgan fingerprint density at radius 2 is 1.96 bits per heavy atom. The lowest BCUT2D eigenvalue weighted by Gasteiger charge is -2.29. The van der Waals surface area contributed by atoms with Crippen molar-refractivity contribution in [2.75, 3.05) is 0 Å². The quantitative estimate of drug-likeness (QED) is 0.718. The number of carbonyl (C=O) groups excluding carboxylic acids is 1. The van der Waals surface area contributed by atoms with Gasteiger partial charge in [0.1, 0.15) is 12.6 Å². The molecule has 1 fully saturated rings. The van der Waals surface area contributed by atoms with Gasteiger partial charge in [-0.3, -0.25) is 4.79 Å². The summed E-state index contributed by atoms with van der Waals surface area (Å²) in [5.74, 6) is 0.659. The minimum atomic E-state index is 0.0556. The van der Waals surface area contributed by atoms with Crippen LogP contribution in [-0.4, -0.2) is 27.6 Å². The molecule has 6 heteroatoms. The largest absolute Gasteiger partial charge is 0.474 e. The molecule has 2 aromatic heterocycles. The number of hydrogen-bond acceptors (Lipinski definition) is 3. The van der Waals surface area contributed by atoms with Crippen LogP contribution in [0.2, 0.25) is 5.02 Å². The summed E-state index contributed by atoms with van der Waals surface area (Å²) in [6, 6.07) is 13.9. The van der Waals surface area contributed by atoms with Crippen molar-refractivity contribution >= 4 is 28.4 Å². The zero-order chi connectivity index (χ0) is 18.6. The highest BCUT2D eigenvalue weighted by molar-refractivity contribution is 6.30. The Bertz CT molecular complexity index is 915. The maximum absolute atomic E-state index is 12.4. The third-order valence-corrected chi connectivity index (χ3v) is 5.24. The highest BCUT2D eigenvalue weighted by Crippen LogP contribution is 2.23. The normalized spacial score (nSPS) is 19.7. The molecule has 4 rings (SSSR count). The van der Waals surface area contributed by atoms with Crippen LogP contribution in [0.1, 0.15) is 25.7 Å². The first-order valence-corrected chi connectivity index (χ1v) is 9.66. The fraction of sp³-hybridized carbons (Fsp3) is 0.333. The van der Waals surface area contributed by atoms with E-state index in [1.54, 1.807) is 18.3 Å². The Morgan fingerprint density at radius 1 is 1.15 bits per heavy atom. The fourth-order valence-electron chi connectivity index (χ4n) is 3.63. The summed E-state index contributed by atoms with van der Waals surface area (Å²) >= 11 is 5.84. The molecule has 0 unspecified atom stereocenters. The van der Waals surface area contributed by atoms with E-state index in [0.717, 1.165) is 36.6 Å². The van der Waals surface area contributed by atoms with Crippen molar-refractivity contribution in [1.29, 1.82) is 0 Å². The van der Waals surface area contributed by atoms with Gasteiger partial charge in [0.05, 0.1) is 5.02 Å². The summed E-state index contributed by atoms with van der Waals surface area (Å²) in [4.78, 5) is 16.6. The number of aromatic nitrogens is 2. The summed E-state index contributed by atoms with van der Waals surface area (Å²) in [6.45, 7) is 0.346. The molecule has 140 valence electrons. The van der Waals surface area contributed by atoms with E-state index >= 15 is 0 Å². The first-order valence-electron chi connectivity index (χ1n) is 9.29. The summed E-state index contributed by atoms with van der Waals surface area (Å²) in [7, 11) is 0. The number of nitrogens with zero attached hydrogens (tertiary/aromatic N) is 2. The minimum Gasteiger partial charge on any atom is -0.474 e. The van der Waals surface area contributed by atoms with Gasteiger partial charge in [0.15, 0.2) is 0 Å². The summed E-state index contributed by atoms with van der Waals surface area (Å²) in [5, 5.41) is 4.92. The molecule has 1 aromatic carbocycles. The van der Waals surface area contributed by atoms with Crippen LogP contribution >= 0.6 is 11.6 Å². The monoisotopic (exact) mass is 383 g/mol. The molecule has 27 heavy (non-hydrogen) atoms. The van der Waals surface area contributed by atoms with E-state index in [0.29, 0.717) is 17.4 Å². The van der Waals surface area contributed by atoms with Crippen molar-refractivity contribution < 1.29 is 9.53 Å². The maximum atomic E-state index is 12.4. The SMILES string of the molecule is O=C(Cn1ccc2ccccc21)NC1CCC(Oc2ccc(Cl)cn2)CC1. The molecule has 0 spiro atoms. The molecule has 0 radical (unpaired) electrons. The number of nitrogens with one attached hydrogen (secondary N) is 1. The average Bonchev–Trinajstić information content (AvgIpc) is 3.08. The number of carbonyl (C=O) groups is 1. The van der Waals surface area contributed by atoms with Gasteiger partial charge < -0.3 is 14.6 Å². The number of pyridine rings is 1. The van der Waals surface area contributed by atoms with Crippen LogP contribution in [0.3, 0.4) is 0 Å². The van der Waals surface area contributed by atoms with Crippen LogP contribution in [0, 0.1) is 0 Å². The third kappa shape index (κ3) is 4.42. The van der Waals surface area contributed by atoms with E-state index in [4.69, 9.17) is 16.3 Å². The van der Waals surface area contributed by atoms with Crippen molar-refractivity contribution in [2.45, 2.75) is 44.4 Å². The number of para-hydroxylation sites is 1. The van der Waals surface area contributed by atoms with Crippen LogP contribution in [0.4, 0.5) is 0 Å². The zero-order valence-corrected chi connectivity index (χ0v) is 15.7. The summed E-state index contributed by atoms with van der Waals surface area (Å²) < 4.78 is 7.90. The second-order valence-corrected chi connectivity index (χ2v) is 7.41. The number of hydrogen-bond donors (Lipinski definition) is 1. The Hall–Kier alpha value is -2.53. The highest BCUT2D eigenvalue weighted by atomic mass is 35.5. The van der Waals surface area contributed by atoms with E-state index in [1.165, 1.54) is 0 Å². The maximum Gasteiger partial charge on any atom is 0.240 e. The van der Waals surface area contributed by atoms with Gasteiger partial charge in [0, 0.05) is 30.0 Å².